The molecular weight excluding hydrogens is 382 g/mol. The molecule has 0 amide bonds. The zero-order chi connectivity index (χ0) is 19.9. The molecule has 0 saturated carbocycles. The van der Waals surface area contributed by atoms with Crippen molar-refractivity contribution in [2.45, 2.75) is 58.4 Å². The summed E-state index contributed by atoms with van der Waals surface area (Å²) in [6.45, 7) is 9.21. The lowest BCUT2D eigenvalue weighted by atomic mass is 9.97. The molecule has 4 heteroatoms. The van der Waals surface area contributed by atoms with Crippen LogP contribution in [0.3, 0.4) is 0 Å². The van der Waals surface area contributed by atoms with Gasteiger partial charge < -0.3 is 4.74 Å². The Morgan fingerprint density at radius 1 is 0.931 bits per heavy atom. The number of benzene rings is 2. The number of fused-ring (bicyclic) bond motifs is 3. The maximum atomic E-state index is 13.1. The van der Waals surface area contributed by atoms with Gasteiger partial charge in [0.2, 0.25) is 0 Å². The summed E-state index contributed by atoms with van der Waals surface area (Å²) in [4.78, 5) is 15.6. The molecule has 0 aliphatic heterocycles. The molecule has 158 valence electrons. The summed E-state index contributed by atoms with van der Waals surface area (Å²) in [5.41, 5.74) is 4.44. The largest absolute Gasteiger partial charge is 0.463 e. The van der Waals surface area contributed by atoms with Gasteiger partial charge in [-0.05, 0) is 55.1 Å². The van der Waals surface area contributed by atoms with Crippen LogP contribution in [-0.4, -0.2) is 36.6 Å². The fourth-order valence-corrected chi connectivity index (χ4v) is 4.08. The van der Waals surface area contributed by atoms with Gasteiger partial charge in [-0.2, -0.15) is 0 Å². The van der Waals surface area contributed by atoms with Crippen LogP contribution in [0.1, 0.15) is 63.5 Å². The average molecular weight is 416 g/mol. The molecule has 1 atom stereocenters. The van der Waals surface area contributed by atoms with E-state index in [9.17, 15) is 4.79 Å². The molecule has 0 spiro atoms. The summed E-state index contributed by atoms with van der Waals surface area (Å²) < 4.78 is 5.86. The number of esters is 1. The molecule has 3 rings (SSSR count). The van der Waals surface area contributed by atoms with Gasteiger partial charge in [-0.3, -0.25) is 9.69 Å². The van der Waals surface area contributed by atoms with Crippen molar-refractivity contribution in [1.29, 1.82) is 0 Å². The van der Waals surface area contributed by atoms with E-state index >= 15 is 0 Å². The van der Waals surface area contributed by atoms with Gasteiger partial charge in [0.25, 0.3) is 0 Å². The molecule has 0 bridgehead atoms. The van der Waals surface area contributed by atoms with Crippen molar-refractivity contribution in [2.75, 3.05) is 19.7 Å². The smallest absolute Gasteiger partial charge is 0.318 e. The molecule has 29 heavy (non-hydrogen) atoms. The first-order chi connectivity index (χ1) is 13.7. The molecule has 2 aromatic carbocycles. The average Bonchev–Trinajstić information content (AvgIpc) is 3.06. The van der Waals surface area contributed by atoms with E-state index in [1.807, 2.05) is 24.3 Å². The summed E-state index contributed by atoms with van der Waals surface area (Å²) in [7, 11) is 0. The van der Waals surface area contributed by atoms with Crippen molar-refractivity contribution in [3.8, 4) is 11.1 Å². The van der Waals surface area contributed by atoms with Gasteiger partial charge >= 0.3 is 5.97 Å². The van der Waals surface area contributed by atoms with E-state index < -0.39 is 0 Å². The Morgan fingerprint density at radius 3 is 1.90 bits per heavy atom. The lowest BCUT2D eigenvalue weighted by Gasteiger charge is -2.29. The second kappa shape index (κ2) is 11.4. The molecule has 1 aliphatic carbocycles. The van der Waals surface area contributed by atoms with Gasteiger partial charge in [-0.1, -0.05) is 75.2 Å². The molecule has 2 aromatic rings. The Hall–Kier alpha value is -1.84. The predicted octanol–water partition coefficient (Wildman–Crippen LogP) is 6.05. The maximum Gasteiger partial charge on any atom is 0.318 e. The van der Waals surface area contributed by atoms with Crippen LogP contribution in [0.25, 0.3) is 11.1 Å². The molecule has 0 N–H and O–H groups in total. The van der Waals surface area contributed by atoms with E-state index in [1.165, 1.54) is 25.7 Å². The van der Waals surface area contributed by atoms with Crippen molar-refractivity contribution < 1.29 is 9.53 Å². The molecule has 1 aliphatic rings. The van der Waals surface area contributed by atoms with E-state index in [1.54, 1.807) is 0 Å². The number of hydrogen-bond acceptors (Lipinski definition) is 3. The number of carbonyl (C=O) groups excluding carboxylic acids is 1. The second-order valence-electron chi connectivity index (χ2n) is 7.83. The molecule has 1 unspecified atom stereocenters. The predicted molar refractivity (Wildman–Crippen MR) is 123 cm³/mol. The molecule has 3 nitrogen and oxygen atoms in total. The summed E-state index contributed by atoms with van der Waals surface area (Å²) in [5.74, 6) is -0.436. The van der Waals surface area contributed by atoms with Crippen LogP contribution < -0.4 is 0 Å². The number of carbonyl (C=O) groups is 1. The van der Waals surface area contributed by atoms with E-state index in [0.29, 0.717) is 6.61 Å². The van der Waals surface area contributed by atoms with Crippen LogP contribution in [0.2, 0.25) is 0 Å². The highest BCUT2D eigenvalue weighted by Gasteiger charge is 2.34. The van der Waals surface area contributed by atoms with Gasteiger partial charge in [0.05, 0.1) is 0 Å². The fraction of sp³-hybridized carbons (Fsp3) is 0.480. The first kappa shape index (κ1) is 23.4. The highest BCUT2D eigenvalue weighted by Crippen LogP contribution is 2.44. The van der Waals surface area contributed by atoms with Crippen molar-refractivity contribution in [3.05, 3.63) is 59.7 Å². The van der Waals surface area contributed by atoms with E-state index in [2.05, 4.69) is 49.9 Å². The number of halogens is 1. The van der Waals surface area contributed by atoms with Crippen LogP contribution in [0.5, 0.6) is 0 Å². The van der Waals surface area contributed by atoms with E-state index in [4.69, 9.17) is 4.74 Å². The lowest BCUT2D eigenvalue weighted by molar-refractivity contribution is -0.146. The topological polar surface area (TPSA) is 29.5 Å². The third-order valence-electron chi connectivity index (χ3n) is 5.76. The van der Waals surface area contributed by atoms with Crippen molar-refractivity contribution in [1.82, 2.24) is 4.90 Å². The quantitative estimate of drug-likeness (QED) is 0.442. The van der Waals surface area contributed by atoms with Crippen molar-refractivity contribution in [3.63, 3.8) is 0 Å². The minimum Gasteiger partial charge on any atom is -0.463 e. The first-order valence-corrected chi connectivity index (χ1v) is 10.8. The minimum atomic E-state index is -0.306. The van der Waals surface area contributed by atoms with Gasteiger partial charge in [-0.15, -0.1) is 12.4 Å². The second-order valence-corrected chi connectivity index (χ2v) is 7.83. The van der Waals surface area contributed by atoms with Crippen LogP contribution in [0, 0.1) is 0 Å². The number of nitrogens with zero attached hydrogens (tertiary/aromatic N) is 1. The summed E-state index contributed by atoms with van der Waals surface area (Å²) in [6, 6.07) is 16.6. The molecule has 0 radical (unpaired) electrons. The van der Waals surface area contributed by atoms with Gasteiger partial charge in [-0.25, -0.2) is 0 Å². The number of rotatable bonds is 10. The standard InChI is InChI=1S/C25H33NO2.ClH/c1-4-6-16-26(17-7-5-2)19(3)18-28-25(27)24-22-14-10-8-12-20(22)21-13-9-11-15-23(21)24;/h8-15,19,24H,4-7,16-18H2,1-3H3;1H. The highest BCUT2D eigenvalue weighted by atomic mass is 35.5. The van der Waals surface area contributed by atoms with E-state index in [0.717, 1.165) is 35.3 Å². The Bertz CT molecular complexity index is 738. The lowest BCUT2D eigenvalue weighted by Crippen LogP contribution is -2.38. The van der Waals surface area contributed by atoms with Crippen LogP contribution in [0.15, 0.2) is 48.5 Å². The Morgan fingerprint density at radius 2 is 1.41 bits per heavy atom. The third-order valence-corrected chi connectivity index (χ3v) is 5.76. The summed E-state index contributed by atoms with van der Waals surface area (Å²) in [6.07, 6.45) is 4.74. The first-order valence-electron chi connectivity index (χ1n) is 10.8. The van der Waals surface area contributed by atoms with Gasteiger partial charge in [0.15, 0.2) is 0 Å². The zero-order valence-corrected chi connectivity index (χ0v) is 18.7. The number of hydrogen-bond donors (Lipinski definition) is 0. The Balaban J connectivity index is 0.00000300. The van der Waals surface area contributed by atoms with Crippen LogP contribution >= 0.6 is 12.4 Å². The molecule has 0 saturated heterocycles. The SMILES string of the molecule is CCCCN(CCCC)C(C)COC(=O)C1c2ccccc2-c2ccccc21.Cl. The molecule has 0 heterocycles. The van der Waals surface area contributed by atoms with Crippen LogP contribution in [0.4, 0.5) is 0 Å². The fourth-order valence-electron chi connectivity index (χ4n) is 4.08. The Kier molecular flexibility index (Phi) is 9.19. The molecule has 0 fully saturated rings. The third kappa shape index (κ3) is 5.40. The number of ether oxygens (including phenoxy) is 1. The van der Waals surface area contributed by atoms with Crippen molar-refractivity contribution in [2.24, 2.45) is 0 Å². The summed E-state index contributed by atoms with van der Waals surface area (Å²) in [5, 5.41) is 0. The Labute approximate surface area is 181 Å². The van der Waals surface area contributed by atoms with Gasteiger partial charge in [0, 0.05) is 6.04 Å². The summed E-state index contributed by atoms with van der Waals surface area (Å²) >= 11 is 0. The number of unbranched alkanes of at least 4 members (excludes halogenated alkanes) is 2. The van der Waals surface area contributed by atoms with Gasteiger partial charge in [0.1, 0.15) is 12.5 Å². The normalized spacial score (nSPS) is 13.5. The van der Waals surface area contributed by atoms with E-state index in [-0.39, 0.29) is 30.3 Å². The maximum absolute atomic E-state index is 13.1. The van der Waals surface area contributed by atoms with Crippen LogP contribution in [-0.2, 0) is 9.53 Å². The molecule has 0 aromatic heterocycles. The highest BCUT2D eigenvalue weighted by molar-refractivity contribution is 5.93. The van der Waals surface area contributed by atoms with Crippen molar-refractivity contribution >= 4 is 18.4 Å². The minimum absolute atomic E-state index is 0. The molecular formula is C25H34ClNO2. The monoisotopic (exact) mass is 415 g/mol. The zero-order valence-electron chi connectivity index (χ0n) is 17.9.